The number of nitrogens with one attached hydrogen (secondary N) is 1. The predicted molar refractivity (Wildman–Crippen MR) is 78.9 cm³/mol. The summed E-state index contributed by atoms with van der Waals surface area (Å²) >= 11 is 0. The highest BCUT2D eigenvalue weighted by molar-refractivity contribution is 5.71. The van der Waals surface area contributed by atoms with Crippen LogP contribution in [0.3, 0.4) is 0 Å². The van der Waals surface area contributed by atoms with E-state index in [9.17, 15) is 9.59 Å². The van der Waals surface area contributed by atoms with Gasteiger partial charge in [-0.1, -0.05) is 0 Å². The summed E-state index contributed by atoms with van der Waals surface area (Å²) in [6.07, 6.45) is 5.84. The molecule has 3 aromatic heterocycles. The van der Waals surface area contributed by atoms with Gasteiger partial charge in [-0.15, -0.1) is 0 Å². The third-order valence-corrected chi connectivity index (χ3v) is 3.95. The summed E-state index contributed by atoms with van der Waals surface area (Å²) < 4.78 is 14.1. The van der Waals surface area contributed by atoms with Gasteiger partial charge in [-0.2, -0.15) is 0 Å². The molecule has 1 aliphatic heterocycles. The van der Waals surface area contributed by atoms with Crippen molar-refractivity contribution in [3.05, 3.63) is 29.1 Å². The van der Waals surface area contributed by atoms with Crippen molar-refractivity contribution in [3.63, 3.8) is 0 Å². The van der Waals surface area contributed by atoms with Crippen molar-refractivity contribution in [1.29, 1.82) is 0 Å². The summed E-state index contributed by atoms with van der Waals surface area (Å²) in [6, 6.07) is 0. The van der Waals surface area contributed by atoms with Gasteiger partial charge >= 0.3 is 5.97 Å². The Kier molecular flexibility index (Phi) is 3.15. The van der Waals surface area contributed by atoms with E-state index in [1.807, 2.05) is 0 Å². The van der Waals surface area contributed by atoms with E-state index >= 15 is 0 Å². The molecule has 0 amide bonds. The number of carbonyl (C=O) groups is 1. The van der Waals surface area contributed by atoms with E-state index in [0.717, 1.165) is 12.8 Å². The van der Waals surface area contributed by atoms with Gasteiger partial charge in [0, 0.05) is 19.3 Å². The quantitative estimate of drug-likeness (QED) is 0.710. The second-order valence-electron chi connectivity index (χ2n) is 5.49. The number of hydrogen-bond acceptors (Lipinski definition) is 6. The van der Waals surface area contributed by atoms with Crippen LogP contribution >= 0.6 is 0 Å². The average molecular weight is 317 g/mol. The highest BCUT2D eigenvalue weighted by Gasteiger charge is 2.29. The maximum absolute atomic E-state index is 12.3. The lowest BCUT2D eigenvalue weighted by Gasteiger charge is -2.15. The molecule has 1 saturated heterocycles. The van der Waals surface area contributed by atoms with Gasteiger partial charge in [0.1, 0.15) is 18.5 Å². The molecule has 1 aliphatic rings. The monoisotopic (exact) mass is 317 g/mol. The van der Waals surface area contributed by atoms with Crippen LogP contribution in [0.5, 0.6) is 0 Å². The molecule has 0 radical (unpaired) electrons. The molecule has 120 valence electrons. The minimum atomic E-state index is -0.323. The van der Waals surface area contributed by atoms with Crippen molar-refractivity contribution >= 4 is 22.9 Å². The van der Waals surface area contributed by atoms with E-state index in [1.54, 1.807) is 23.3 Å². The molecule has 4 heterocycles. The molecule has 3 aromatic rings. The van der Waals surface area contributed by atoms with Gasteiger partial charge in [-0.3, -0.25) is 14.2 Å². The number of H-pyrrole nitrogens is 1. The molecular formula is C14H15N5O4. The molecule has 9 heteroatoms. The molecule has 0 unspecified atom stereocenters. The first kappa shape index (κ1) is 13.9. The number of ether oxygens (including phenoxy) is 2. The van der Waals surface area contributed by atoms with Gasteiger partial charge < -0.3 is 14.5 Å². The lowest BCUT2D eigenvalue weighted by Crippen LogP contribution is -2.19. The molecule has 1 N–H and O–H groups in total. The number of aromatic nitrogens is 5. The van der Waals surface area contributed by atoms with Crippen molar-refractivity contribution in [2.75, 3.05) is 6.61 Å². The summed E-state index contributed by atoms with van der Waals surface area (Å²) in [4.78, 5) is 34.6. The van der Waals surface area contributed by atoms with Crippen LogP contribution in [0.25, 0.3) is 16.9 Å². The average Bonchev–Trinajstić information content (AvgIpc) is 3.24. The van der Waals surface area contributed by atoms with Crippen molar-refractivity contribution in [3.8, 4) is 0 Å². The fraction of sp³-hybridized carbons (Fsp3) is 0.429. The molecule has 0 spiro atoms. The first-order chi connectivity index (χ1) is 11.1. The number of esters is 1. The van der Waals surface area contributed by atoms with Crippen molar-refractivity contribution in [2.24, 2.45) is 0 Å². The Labute approximate surface area is 129 Å². The second kappa shape index (κ2) is 5.20. The van der Waals surface area contributed by atoms with Crippen LogP contribution in [0.4, 0.5) is 0 Å². The number of imidazole rings is 2. The Balaban J connectivity index is 1.66. The van der Waals surface area contributed by atoms with E-state index < -0.39 is 0 Å². The first-order valence-electron chi connectivity index (χ1n) is 7.34. The first-order valence-corrected chi connectivity index (χ1v) is 7.34. The third kappa shape index (κ3) is 2.29. The van der Waals surface area contributed by atoms with Crippen LogP contribution < -0.4 is 5.56 Å². The lowest BCUT2D eigenvalue weighted by atomic mass is 10.2. The zero-order chi connectivity index (χ0) is 16.0. The summed E-state index contributed by atoms with van der Waals surface area (Å²) in [7, 11) is 0. The van der Waals surface area contributed by atoms with Gasteiger partial charge in [0.2, 0.25) is 5.78 Å². The maximum atomic E-state index is 12.3. The van der Waals surface area contributed by atoms with Gasteiger partial charge in [-0.25, -0.2) is 14.4 Å². The highest BCUT2D eigenvalue weighted by atomic mass is 16.6. The number of nitrogens with zero attached hydrogens (tertiary/aromatic N) is 4. The standard InChI is InChI=1S/C14H15N5O4/c1-8(20)22-6-9-2-3-10(23-9)19-7-16-11-12(19)17-14-15-4-5-18(14)13(11)21/h4-5,7,9-10H,2-3,6H2,1H3,(H,15,17)/t9-,10+/m0/s1. The van der Waals surface area contributed by atoms with Crippen LogP contribution in [0.15, 0.2) is 23.5 Å². The molecule has 0 aliphatic carbocycles. The Morgan fingerprint density at radius 3 is 3.17 bits per heavy atom. The number of rotatable bonds is 3. The zero-order valence-corrected chi connectivity index (χ0v) is 12.4. The largest absolute Gasteiger partial charge is 0.463 e. The Morgan fingerprint density at radius 1 is 1.48 bits per heavy atom. The van der Waals surface area contributed by atoms with Gasteiger partial charge in [-0.05, 0) is 12.8 Å². The molecule has 2 atom stereocenters. The summed E-state index contributed by atoms with van der Waals surface area (Å²) in [5.74, 6) is 0.134. The third-order valence-electron chi connectivity index (χ3n) is 3.95. The Bertz CT molecular complexity index is 940. The topological polar surface area (TPSA) is 104 Å². The second-order valence-corrected chi connectivity index (χ2v) is 5.49. The zero-order valence-electron chi connectivity index (χ0n) is 12.4. The number of aromatic amines is 1. The van der Waals surface area contributed by atoms with Crippen molar-refractivity contribution in [2.45, 2.75) is 32.1 Å². The smallest absolute Gasteiger partial charge is 0.302 e. The van der Waals surface area contributed by atoms with Gasteiger partial charge in [0.15, 0.2) is 5.52 Å². The van der Waals surface area contributed by atoms with Crippen LogP contribution in [0.2, 0.25) is 0 Å². The molecule has 0 aromatic carbocycles. The molecule has 0 bridgehead atoms. The van der Waals surface area contributed by atoms with Crippen molar-refractivity contribution < 1.29 is 14.3 Å². The van der Waals surface area contributed by atoms with E-state index in [1.165, 1.54) is 11.3 Å². The molecule has 1 fully saturated rings. The van der Waals surface area contributed by atoms with Gasteiger partial charge in [0.25, 0.3) is 5.56 Å². The normalized spacial score (nSPS) is 21.3. The molecule has 0 saturated carbocycles. The summed E-state index contributed by atoms with van der Waals surface area (Å²) in [5.41, 5.74) is 0.689. The predicted octanol–water partition coefficient (Wildman–Crippen LogP) is 0.613. The van der Waals surface area contributed by atoms with E-state index in [0.29, 0.717) is 16.9 Å². The number of hydrogen-bond donors (Lipinski definition) is 1. The van der Waals surface area contributed by atoms with Crippen LogP contribution in [-0.4, -0.2) is 42.6 Å². The minimum Gasteiger partial charge on any atom is -0.463 e. The minimum absolute atomic E-state index is 0.150. The number of fused-ring (bicyclic) bond motifs is 2. The molecule has 23 heavy (non-hydrogen) atoms. The highest BCUT2D eigenvalue weighted by Crippen LogP contribution is 2.30. The van der Waals surface area contributed by atoms with Crippen LogP contribution in [0.1, 0.15) is 26.0 Å². The summed E-state index contributed by atoms with van der Waals surface area (Å²) in [6.45, 7) is 1.61. The van der Waals surface area contributed by atoms with Crippen molar-refractivity contribution in [1.82, 2.24) is 23.9 Å². The molecular weight excluding hydrogens is 302 g/mol. The Hall–Kier alpha value is -2.68. The van der Waals surface area contributed by atoms with Crippen LogP contribution in [0, 0.1) is 0 Å². The fourth-order valence-electron chi connectivity index (χ4n) is 2.86. The van der Waals surface area contributed by atoms with E-state index in [4.69, 9.17) is 9.47 Å². The molecule has 4 rings (SSSR count). The van der Waals surface area contributed by atoms with E-state index in [2.05, 4.69) is 15.0 Å². The Morgan fingerprint density at radius 2 is 2.35 bits per heavy atom. The fourth-order valence-corrected chi connectivity index (χ4v) is 2.86. The SMILES string of the molecule is CC(=O)OC[C@@H]1CC[C@H](n2cnc3c(=O)n4ccnc4[nH]c32)O1. The molecule has 9 nitrogen and oxygen atoms in total. The number of carbonyl (C=O) groups excluding carboxylic acids is 1. The van der Waals surface area contributed by atoms with Crippen LogP contribution in [-0.2, 0) is 14.3 Å². The lowest BCUT2D eigenvalue weighted by molar-refractivity contribution is -0.145. The van der Waals surface area contributed by atoms with E-state index in [-0.39, 0.29) is 30.5 Å². The summed E-state index contributed by atoms with van der Waals surface area (Å²) in [5, 5.41) is 0. The maximum Gasteiger partial charge on any atom is 0.302 e. The van der Waals surface area contributed by atoms with Gasteiger partial charge in [0.05, 0.1) is 12.4 Å².